The van der Waals surface area contributed by atoms with E-state index in [0.29, 0.717) is 11.6 Å². The molecule has 1 aromatic heterocycles. The van der Waals surface area contributed by atoms with Crippen molar-refractivity contribution in [2.45, 2.75) is 62.4 Å². The molecular formula is C28H31ClN2O3S2. The number of fused-ring (bicyclic) bond motifs is 1. The highest BCUT2D eigenvalue weighted by molar-refractivity contribution is 7.89. The SMILES string of the molecule is CC(C)(C)c1ccc(S(=O)(=O)N(CC(=O)N2CCc3sccc3C2c2ccc(Cl)cc2)C2CC2)cc1. The molecule has 0 radical (unpaired) electrons. The first-order chi connectivity index (χ1) is 17.1. The molecule has 5 nitrogen and oxygen atoms in total. The van der Waals surface area contributed by atoms with E-state index in [1.165, 1.54) is 9.18 Å². The molecule has 2 aromatic carbocycles. The van der Waals surface area contributed by atoms with Crippen molar-refractivity contribution in [1.82, 2.24) is 9.21 Å². The number of nitrogens with zero attached hydrogens (tertiary/aromatic N) is 2. The quantitative estimate of drug-likeness (QED) is 0.382. The van der Waals surface area contributed by atoms with Crippen LogP contribution in [0, 0.1) is 0 Å². The third kappa shape index (κ3) is 4.99. The number of carbonyl (C=O) groups excluding carboxylic acids is 1. The van der Waals surface area contributed by atoms with Crippen molar-refractivity contribution in [1.29, 1.82) is 0 Å². The van der Waals surface area contributed by atoms with E-state index in [4.69, 9.17) is 11.6 Å². The number of carbonyl (C=O) groups is 1. The molecule has 1 fully saturated rings. The van der Waals surface area contributed by atoms with Crippen LogP contribution in [0.2, 0.25) is 5.02 Å². The first kappa shape index (κ1) is 25.5. The number of thiophene rings is 1. The lowest BCUT2D eigenvalue weighted by atomic mass is 9.87. The van der Waals surface area contributed by atoms with Crippen LogP contribution in [0.5, 0.6) is 0 Å². The number of hydrogen-bond acceptors (Lipinski definition) is 4. The standard InChI is InChI=1S/C28H31ClN2O3S2/c1-28(2,3)20-6-12-23(13-7-20)36(33,34)31(22-10-11-22)18-26(32)30-16-14-25-24(15-17-35-25)27(30)19-4-8-21(29)9-5-19/h4-9,12-13,15,17,22,27H,10-11,14,16,18H2,1-3H3. The van der Waals surface area contributed by atoms with Crippen molar-refractivity contribution >= 4 is 38.9 Å². The van der Waals surface area contributed by atoms with Gasteiger partial charge in [-0.2, -0.15) is 4.31 Å². The molecule has 2 aliphatic rings. The van der Waals surface area contributed by atoms with Gasteiger partial charge < -0.3 is 4.90 Å². The zero-order valence-electron chi connectivity index (χ0n) is 20.8. The van der Waals surface area contributed by atoms with Crippen LogP contribution in [0.4, 0.5) is 0 Å². The van der Waals surface area contributed by atoms with Gasteiger partial charge in [-0.05, 0) is 77.1 Å². The maximum Gasteiger partial charge on any atom is 0.243 e. The monoisotopic (exact) mass is 542 g/mol. The van der Waals surface area contributed by atoms with E-state index in [0.717, 1.165) is 36.0 Å². The molecule has 1 saturated carbocycles. The van der Waals surface area contributed by atoms with Gasteiger partial charge in [-0.15, -0.1) is 11.3 Å². The zero-order chi connectivity index (χ0) is 25.7. The molecule has 5 rings (SSSR count). The minimum Gasteiger partial charge on any atom is -0.330 e. The molecule has 3 aromatic rings. The molecule has 8 heteroatoms. The van der Waals surface area contributed by atoms with E-state index in [1.807, 2.05) is 41.3 Å². The Morgan fingerprint density at radius 3 is 2.33 bits per heavy atom. The molecule has 1 aliphatic heterocycles. The summed E-state index contributed by atoms with van der Waals surface area (Å²) in [7, 11) is -3.80. The first-order valence-corrected chi connectivity index (χ1v) is 15.0. The van der Waals surface area contributed by atoms with Gasteiger partial charge in [-0.25, -0.2) is 8.42 Å². The summed E-state index contributed by atoms with van der Waals surface area (Å²) >= 11 is 7.83. The van der Waals surface area contributed by atoms with Gasteiger partial charge in [0, 0.05) is 22.5 Å². The second kappa shape index (κ2) is 9.60. The van der Waals surface area contributed by atoms with Crippen molar-refractivity contribution in [2.75, 3.05) is 13.1 Å². The van der Waals surface area contributed by atoms with Crippen LogP contribution < -0.4 is 0 Å². The van der Waals surface area contributed by atoms with Gasteiger partial charge in [0.1, 0.15) is 0 Å². The summed E-state index contributed by atoms with van der Waals surface area (Å²) in [6, 6.07) is 16.4. The highest BCUT2D eigenvalue weighted by atomic mass is 35.5. The van der Waals surface area contributed by atoms with Crippen molar-refractivity contribution in [2.24, 2.45) is 0 Å². The fourth-order valence-corrected chi connectivity index (χ4v) is 7.51. The predicted octanol–water partition coefficient (Wildman–Crippen LogP) is 6.03. The van der Waals surface area contributed by atoms with Gasteiger partial charge in [-0.1, -0.05) is 56.6 Å². The minimum atomic E-state index is -3.80. The summed E-state index contributed by atoms with van der Waals surface area (Å²) in [5, 5.41) is 2.70. The zero-order valence-corrected chi connectivity index (χ0v) is 23.2. The van der Waals surface area contributed by atoms with E-state index in [9.17, 15) is 13.2 Å². The Kier molecular flexibility index (Phi) is 6.79. The van der Waals surface area contributed by atoms with E-state index >= 15 is 0 Å². The topological polar surface area (TPSA) is 57.7 Å². The Bertz CT molecular complexity index is 1360. The van der Waals surface area contributed by atoms with Gasteiger partial charge in [0.25, 0.3) is 0 Å². The molecule has 2 heterocycles. The number of sulfonamides is 1. The Morgan fingerprint density at radius 2 is 1.72 bits per heavy atom. The number of benzene rings is 2. The number of amides is 1. The van der Waals surface area contributed by atoms with E-state index < -0.39 is 10.0 Å². The van der Waals surface area contributed by atoms with E-state index in [-0.39, 0.29) is 34.8 Å². The van der Waals surface area contributed by atoms with Gasteiger partial charge in [0.15, 0.2) is 0 Å². The molecular weight excluding hydrogens is 512 g/mol. The summed E-state index contributed by atoms with van der Waals surface area (Å²) in [5.41, 5.74) is 3.09. The Morgan fingerprint density at radius 1 is 1.06 bits per heavy atom. The van der Waals surface area contributed by atoms with Crippen LogP contribution in [-0.2, 0) is 26.7 Å². The highest BCUT2D eigenvalue weighted by Crippen LogP contribution is 2.39. The number of halogens is 1. The fourth-order valence-electron chi connectivity index (χ4n) is 4.85. The van der Waals surface area contributed by atoms with Crippen molar-refractivity contribution in [3.63, 3.8) is 0 Å². The normalized spacial score (nSPS) is 18.4. The lowest BCUT2D eigenvalue weighted by Crippen LogP contribution is -2.47. The number of hydrogen-bond donors (Lipinski definition) is 0. The average Bonchev–Trinajstić information content (AvgIpc) is 3.57. The third-order valence-corrected chi connectivity index (χ3v) is 10.2. The summed E-state index contributed by atoms with van der Waals surface area (Å²) < 4.78 is 28.8. The smallest absolute Gasteiger partial charge is 0.243 e. The lowest BCUT2D eigenvalue weighted by molar-refractivity contribution is -0.133. The maximum absolute atomic E-state index is 13.8. The molecule has 1 unspecified atom stereocenters. The van der Waals surface area contributed by atoms with Gasteiger partial charge >= 0.3 is 0 Å². The maximum atomic E-state index is 13.8. The van der Waals surface area contributed by atoms with Gasteiger partial charge in [-0.3, -0.25) is 4.79 Å². The van der Waals surface area contributed by atoms with Crippen LogP contribution >= 0.6 is 22.9 Å². The molecule has 1 amide bonds. The molecule has 0 saturated heterocycles. The second-order valence-corrected chi connectivity index (χ2v) is 14.0. The van der Waals surface area contributed by atoms with Gasteiger partial charge in [0.05, 0.1) is 17.5 Å². The molecule has 36 heavy (non-hydrogen) atoms. The molecule has 0 bridgehead atoms. The Balaban J connectivity index is 1.43. The molecule has 0 N–H and O–H groups in total. The summed E-state index contributed by atoms with van der Waals surface area (Å²) in [4.78, 5) is 17.1. The largest absolute Gasteiger partial charge is 0.330 e. The third-order valence-electron chi connectivity index (χ3n) is 7.04. The average molecular weight is 543 g/mol. The fraction of sp³-hybridized carbons (Fsp3) is 0.393. The molecule has 1 aliphatic carbocycles. The highest BCUT2D eigenvalue weighted by Gasteiger charge is 2.42. The van der Waals surface area contributed by atoms with Gasteiger partial charge in [0.2, 0.25) is 15.9 Å². The Hall–Kier alpha value is -2.19. The van der Waals surface area contributed by atoms with Crippen LogP contribution in [-0.4, -0.2) is 42.7 Å². The van der Waals surface area contributed by atoms with E-state index in [1.54, 1.807) is 23.5 Å². The summed E-state index contributed by atoms with van der Waals surface area (Å²) in [6.45, 7) is 6.69. The van der Waals surface area contributed by atoms with Crippen LogP contribution in [0.15, 0.2) is 64.9 Å². The summed E-state index contributed by atoms with van der Waals surface area (Å²) in [6.07, 6.45) is 2.33. The minimum absolute atomic E-state index is 0.0696. The molecule has 0 spiro atoms. The molecule has 190 valence electrons. The van der Waals surface area contributed by atoms with E-state index in [2.05, 4.69) is 32.2 Å². The van der Waals surface area contributed by atoms with Crippen LogP contribution in [0.3, 0.4) is 0 Å². The van der Waals surface area contributed by atoms with Crippen molar-refractivity contribution in [3.8, 4) is 0 Å². The van der Waals surface area contributed by atoms with Crippen LogP contribution in [0.1, 0.15) is 61.2 Å². The molecule has 1 atom stereocenters. The lowest BCUT2D eigenvalue weighted by Gasteiger charge is -2.37. The number of rotatable bonds is 6. The Labute approximate surface area is 222 Å². The van der Waals surface area contributed by atoms with Crippen LogP contribution in [0.25, 0.3) is 0 Å². The van der Waals surface area contributed by atoms with Crippen molar-refractivity contribution < 1.29 is 13.2 Å². The second-order valence-electron chi connectivity index (χ2n) is 10.6. The van der Waals surface area contributed by atoms with Crippen molar-refractivity contribution in [3.05, 3.63) is 86.6 Å². The summed E-state index contributed by atoms with van der Waals surface area (Å²) in [5.74, 6) is -0.173. The predicted molar refractivity (Wildman–Crippen MR) is 145 cm³/mol. The first-order valence-electron chi connectivity index (χ1n) is 12.3.